The molecule has 1 unspecified atom stereocenters. The second-order valence-corrected chi connectivity index (χ2v) is 5.90. The van der Waals surface area contributed by atoms with E-state index in [0.29, 0.717) is 11.6 Å². The van der Waals surface area contributed by atoms with Crippen LogP contribution in [0.25, 0.3) is 16.9 Å². The van der Waals surface area contributed by atoms with Crippen LogP contribution in [0.1, 0.15) is 6.92 Å². The number of benzene rings is 1. The van der Waals surface area contributed by atoms with Crippen LogP contribution in [0.2, 0.25) is 0 Å². The molecule has 0 saturated carbocycles. The summed E-state index contributed by atoms with van der Waals surface area (Å²) < 4.78 is 7.22. The van der Waals surface area contributed by atoms with Gasteiger partial charge < -0.3 is 10.1 Å². The minimum Gasteiger partial charge on any atom is -0.481 e. The molecular formula is C18H16N8O2. The van der Waals surface area contributed by atoms with Gasteiger partial charge in [0.1, 0.15) is 12.1 Å². The van der Waals surface area contributed by atoms with Crippen LogP contribution in [0.5, 0.6) is 5.75 Å². The highest BCUT2D eigenvalue weighted by atomic mass is 16.5. The van der Waals surface area contributed by atoms with Gasteiger partial charge in [-0.05, 0) is 53.7 Å². The molecule has 140 valence electrons. The van der Waals surface area contributed by atoms with Crippen molar-refractivity contribution in [2.45, 2.75) is 13.0 Å². The van der Waals surface area contributed by atoms with Crippen LogP contribution in [-0.4, -0.2) is 47.4 Å². The molecule has 10 nitrogen and oxygen atoms in total. The summed E-state index contributed by atoms with van der Waals surface area (Å²) in [6, 6.07) is 12.5. The fourth-order valence-electron chi connectivity index (χ4n) is 2.51. The average molecular weight is 376 g/mol. The smallest absolute Gasteiger partial charge is 0.266 e. The van der Waals surface area contributed by atoms with Crippen LogP contribution in [0.3, 0.4) is 0 Å². The summed E-state index contributed by atoms with van der Waals surface area (Å²) in [7, 11) is 0. The van der Waals surface area contributed by atoms with Gasteiger partial charge in [0.15, 0.2) is 11.9 Å². The number of hydrogen-bond donors (Lipinski definition) is 2. The molecule has 4 rings (SSSR count). The molecule has 4 aromatic rings. The van der Waals surface area contributed by atoms with Gasteiger partial charge in [-0.15, -0.1) is 5.10 Å². The second-order valence-electron chi connectivity index (χ2n) is 5.90. The van der Waals surface area contributed by atoms with Gasteiger partial charge >= 0.3 is 0 Å². The number of aromatic nitrogens is 7. The normalized spacial score (nSPS) is 11.8. The number of rotatable bonds is 6. The van der Waals surface area contributed by atoms with Crippen LogP contribution in [0, 0.1) is 0 Å². The number of H-pyrrole nitrogens is 1. The Bertz CT molecular complexity index is 1040. The number of amides is 1. The molecule has 2 N–H and O–H groups in total. The second kappa shape index (κ2) is 7.66. The first-order valence-corrected chi connectivity index (χ1v) is 8.46. The Morgan fingerprint density at radius 3 is 2.68 bits per heavy atom. The molecule has 0 saturated heterocycles. The fourth-order valence-corrected chi connectivity index (χ4v) is 2.51. The summed E-state index contributed by atoms with van der Waals surface area (Å²) >= 11 is 0. The van der Waals surface area contributed by atoms with E-state index >= 15 is 0 Å². The van der Waals surface area contributed by atoms with E-state index in [4.69, 9.17) is 4.74 Å². The topological polar surface area (TPSA) is 124 Å². The van der Waals surface area contributed by atoms with Crippen LogP contribution in [0.4, 0.5) is 5.82 Å². The highest BCUT2D eigenvalue weighted by Crippen LogP contribution is 2.19. The van der Waals surface area contributed by atoms with E-state index < -0.39 is 6.10 Å². The number of anilines is 1. The third-order valence-electron chi connectivity index (χ3n) is 3.95. The molecule has 3 aromatic heterocycles. The number of hydrogen-bond acceptors (Lipinski definition) is 7. The lowest BCUT2D eigenvalue weighted by Gasteiger charge is -2.14. The number of pyridine rings is 1. The molecule has 0 aliphatic carbocycles. The van der Waals surface area contributed by atoms with Crippen molar-refractivity contribution in [2.75, 3.05) is 5.32 Å². The predicted octanol–water partition coefficient (Wildman–Crippen LogP) is 1.85. The van der Waals surface area contributed by atoms with Gasteiger partial charge in [-0.1, -0.05) is 0 Å². The standard InChI is InChI=1S/C18H16N8O2/c1-12(28-15-4-2-14(3-5-15)26-11-20-24-25-26)18(27)21-17-10-16(22-23-17)13-6-8-19-9-7-13/h2-12H,1H3,(H2,21,22,23,27). The number of tetrazole rings is 1. The van der Waals surface area contributed by atoms with Crippen molar-refractivity contribution in [3.8, 4) is 22.7 Å². The van der Waals surface area contributed by atoms with Crippen LogP contribution in [0.15, 0.2) is 61.2 Å². The number of aromatic amines is 1. The lowest BCUT2D eigenvalue weighted by molar-refractivity contribution is -0.122. The summed E-state index contributed by atoms with van der Waals surface area (Å²) in [5, 5.41) is 20.7. The van der Waals surface area contributed by atoms with E-state index in [1.165, 1.54) is 11.0 Å². The molecular weight excluding hydrogens is 360 g/mol. The van der Waals surface area contributed by atoms with E-state index in [9.17, 15) is 4.79 Å². The van der Waals surface area contributed by atoms with Crippen molar-refractivity contribution in [1.29, 1.82) is 0 Å². The van der Waals surface area contributed by atoms with Crippen molar-refractivity contribution in [2.24, 2.45) is 0 Å². The summed E-state index contributed by atoms with van der Waals surface area (Å²) in [4.78, 5) is 16.4. The van der Waals surface area contributed by atoms with Gasteiger partial charge in [0.2, 0.25) is 0 Å². The Hall–Kier alpha value is -4.08. The first-order valence-electron chi connectivity index (χ1n) is 8.46. The van der Waals surface area contributed by atoms with Gasteiger partial charge in [-0.3, -0.25) is 14.9 Å². The Morgan fingerprint density at radius 1 is 1.18 bits per heavy atom. The summed E-state index contributed by atoms with van der Waals surface area (Å²) in [6.07, 6.45) is 4.17. The number of carbonyl (C=O) groups excluding carboxylic acids is 1. The number of nitrogens with zero attached hydrogens (tertiary/aromatic N) is 6. The third-order valence-corrected chi connectivity index (χ3v) is 3.95. The quantitative estimate of drug-likeness (QED) is 0.526. The van der Waals surface area contributed by atoms with Crippen LogP contribution >= 0.6 is 0 Å². The highest BCUT2D eigenvalue weighted by molar-refractivity contribution is 5.93. The average Bonchev–Trinajstić information content (AvgIpc) is 3.41. The Labute approximate surface area is 159 Å². The summed E-state index contributed by atoms with van der Waals surface area (Å²) in [6.45, 7) is 1.67. The minimum absolute atomic E-state index is 0.308. The molecule has 0 aliphatic rings. The zero-order valence-corrected chi connectivity index (χ0v) is 14.9. The molecule has 1 aromatic carbocycles. The van der Waals surface area contributed by atoms with Gasteiger partial charge in [0.05, 0.1) is 11.4 Å². The Kier molecular flexibility index (Phi) is 4.74. The zero-order valence-electron chi connectivity index (χ0n) is 14.9. The van der Waals surface area contributed by atoms with Crippen molar-refractivity contribution < 1.29 is 9.53 Å². The molecule has 0 bridgehead atoms. The van der Waals surface area contributed by atoms with Crippen molar-refractivity contribution in [3.05, 3.63) is 61.2 Å². The van der Waals surface area contributed by atoms with Crippen LogP contribution in [-0.2, 0) is 4.79 Å². The number of nitrogens with one attached hydrogen (secondary N) is 2. The van der Waals surface area contributed by atoms with E-state index in [1.807, 2.05) is 12.1 Å². The van der Waals surface area contributed by atoms with Crippen molar-refractivity contribution in [1.82, 2.24) is 35.4 Å². The predicted molar refractivity (Wildman–Crippen MR) is 99.7 cm³/mol. The molecule has 0 spiro atoms. The molecule has 0 aliphatic heterocycles. The Morgan fingerprint density at radius 2 is 1.96 bits per heavy atom. The number of ether oxygens (including phenoxy) is 1. The van der Waals surface area contributed by atoms with E-state index in [2.05, 4.69) is 36.0 Å². The largest absolute Gasteiger partial charge is 0.481 e. The van der Waals surface area contributed by atoms with Gasteiger partial charge in [0.25, 0.3) is 5.91 Å². The maximum atomic E-state index is 12.4. The molecule has 28 heavy (non-hydrogen) atoms. The maximum Gasteiger partial charge on any atom is 0.266 e. The minimum atomic E-state index is -0.708. The molecule has 1 amide bonds. The lowest BCUT2D eigenvalue weighted by Crippen LogP contribution is -2.30. The fraction of sp³-hybridized carbons (Fsp3) is 0.111. The summed E-state index contributed by atoms with van der Waals surface area (Å²) in [5.74, 6) is 0.664. The van der Waals surface area contributed by atoms with Crippen molar-refractivity contribution in [3.63, 3.8) is 0 Å². The molecule has 3 heterocycles. The number of carbonyl (C=O) groups is 1. The van der Waals surface area contributed by atoms with Gasteiger partial charge in [0, 0.05) is 24.0 Å². The van der Waals surface area contributed by atoms with Gasteiger partial charge in [-0.2, -0.15) is 5.10 Å². The SMILES string of the molecule is CC(Oc1ccc(-n2cnnn2)cc1)C(=O)Nc1cc(-c2ccncc2)[nH]n1. The lowest BCUT2D eigenvalue weighted by atomic mass is 10.2. The van der Waals surface area contributed by atoms with E-state index in [0.717, 1.165) is 16.9 Å². The maximum absolute atomic E-state index is 12.4. The van der Waals surface area contributed by atoms with E-state index in [1.54, 1.807) is 49.6 Å². The first-order chi connectivity index (χ1) is 13.7. The molecule has 0 fully saturated rings. The van der Waals surface area contributed by atoms with Crippen LogP contribution < -0.4 is 10.1 Å². The van der Waals surface area contributed by atoms with E-state index in [-0.39, 0.29) is 5.91 Å². The Balaban J connectivity index is 1.37. The third kappa shape index (κ3) is 3.85. The molecule has 1 atom stereocenters. The first kappa shape index (κ1) is 17.3. The zero-order chi connectivity index (χ0) is 19.3. The summed E-state index contributed by atoms with van der Waals surface area (Å²) in [5.41, 5.74) is 2.49. The monoisotopic (exact) mass is 376 g/mol. The highest BCUT2D eigenvalue weighted by Gasteiger charge is 2.16. The molecule has 10 heteroatoms. The van der Waals surface area contributed by atoms with Gasteiger partial charge in [-0.25, -0.2) is 4.68 Å². The molecule has 0 radical (unpaired) electrons. The van der Waals surface area contributed by atoms with Crippen molar-refractivity contribution >= 4 is 11.7 Å².